The number of aliphatic hydroxyl groups excluding tert-OH is 1. The van der Waals surface area contributed by atoms with Crippen molar-refractivity contribution >= 4 is 5.97 Å². The zero-order chi connectivity index (χ0) is 11.3. The number of aromatic hydroxyl groups is 1. The van der Waals surface area contributed by atoms with Gasteiger partial charge in [-0.1, -0.05) is 0 Å². The zero-order valence-corrected chi connectivity index (χ0v) is 8.56. The van der Waals surface area contributed by atoms with Crippen LogP contribution in [0.3, 0.4) is 0 Å². The molecule has 1 aromatic rings. The molecule has 15 heavy (non-hydrogen) atoms. The van der Waals surface area contributed by atoms with Crippen LogP contribution < -0.4 is 0 Å². The summed E-state index contributed by atoms with van der Waals surface area (Å²) < 4.78 is 4.82. The van der Waals surface area contributed by atoms with Gasteiger partial charge in [-0.15, -0.1) is 0 Å². The van der Waals surface area contributed by atoms with Crippen molar-refractivity contribution in [3.8, 4) is 5.75 Å². The summed E-state index contributed by atoms with van der Waals surface area (Å²) in [6, 6.07) is 4.45. The minimum atomic E-state index is -0.420. The summed E-state index contributed by atoms with van der Waals surface area (Å²) in [6.45, 7) is 1.97. The number of carbonyl (C=O) groups is 1. The first-order chi connectivity index (χ1) is 7.19. The van der Waals surface area contributed by atoms with Crippen LogP contribution in [0.5, 0.6) is 5.75 Å². The average molecular weight is 210 g/mol. The lowest BCUT2D eigenvalue weighted by molar-refractivity contribution is 0.0526. The van der Waals surface area contributed by atoms with Gasteiger partial charge in [0.25, 0.3) is 0 Å². The molecule has 0 aliphatic carbocycles. The van der Waals surface area contributed by atoms with Gasteiger partial charge in [-0.25, -0.2) is 4.79 Å². The van der Waals surface area contributed by atoms with Gasteiger partial charge in [0.2, 0.25) is 0 Å². The third-order valence-electron chi connectivity index (χ3n) is 1.97. The monoisotopic (exact) mass is 210 g/mol. The number of ether oxygens (including phenoxy) is 1. The van der Waals surface area contributed by atoms with E-state index < -0.39 is 5.97 Å². The first-order valence-electron chi connectivity index (χ1n) is 4.79. The van der Waals surface area contributed by atoms with Crippen molar-refractivity contribution in [1.29, 1.82) is 0 Å². The molecule has 0 aliphatic rings. The Morgan fingerprint density at radius 3 is 2.80 bits per heavy atom. The van der Waals surface area contributed by atoms with E-state index in [0.717, 1.165) is 0 Å². The quantitative estimate of drug-likeness (QED) is 0.730. The van der Waals surface area contributed by atoms with Gasteiger partial charge in [-0.3, -0.25) is 0 Å². The molecule has 0 aliphatic heterocycles. The topological polar surface area (TPSA) is 66.8 Å². The number of esters is 1. The summed E-state index contributed by atoms with van der Waals surface area (Å²) in [5.74, 6) is -0.339. The van der Waals surface area contributed by atoms with Crippen molar-refractivity contribution in [3.63, 3.8) is 0 Å². The van der Waals surface area contributed by atoms with E-state index in [2.05, 4.69) is 0 Å². The number of aliphatic hydroxyl groups is 1. The molecule has 4 nitrogen and oxygen atoms in total. The molecule has 0 atom stereocenters. The van der Waals surface area contributed by atoms with E-state index in [1.54, 1.807) is 6.92 Å². The SMILES string of the molecule is CCOC(=O)c1ccc(O)c(CCO)c1. The lowest BCUT2D eigenvalue weighted by Gasteiger charge is -2.06. The predicted octanol–water partition coefficient (Wildman–Crippen LogP) is 1.10. The van der Waals surface area contributed by atoms with Crippen LogP contribution in [-0.2, 0) is 11.2 Å². The number of hydrogen-bond donors (Lipinski definition) is 2. The molecule has 0 spiro atoms. The first-order valence-corrected chi connectivity index (χ1v) is 4.79. The molecule has 4 heteroatoms. The number of phenols is 1. The molecule has 0 bridgehead atoms. The Morgan fingerprint density at radius 2 is 2.20 bits per heavy atom. The van der Waals surface area contributed by atoms with Crippen LogP contribution in [0.2, 0.25) is 0 Å². The largest absolute Gasteiger partial charge is 0.508 e. The summed E-state index contributed by atoms with van der Waals surface area (Å²) >= 11 is 0. The van der Waals surface area contributed by atoms with Crippen molar-refractivity contribution in [2.24, 2.45) is 0 Å². The fourth-order valence-corrected chi connectivity index (χ4v) is 1.25. The van der Waals surface area contributed by atoms with Crippen LogP contribution in [-0.4, -0.2) is 29.4 Å². The second-order valence-electron chi connectivity index (χ2n) is 3.04. The Bertz CT molecular complexity index is 346. The number of carbonyl (C=O) groups excluding carboxylic acids is 1. The summed E-state index contributed by atoms with van der Waals surface area (Å²) in [6.07, 6.45) is 0.319. The standard InChI is InChI=1S/C11H14O4/c1-2-15-11(14)9-3-4-10(13)8(7-9)5-6-12/h3-4,7,12-13H,2,5-6H2,1H3. The van der Waals surface area contributed by atoms with E-state index in [1.807, 2.05) is 0 Å². The smallest absolute Gasteiger partial charge is 0.338 e. The summed E-state index contributed by atoms with van der Waals surface area (Å²) in [7, 11) is 0. The molecule has 0 unspecified atom stereocenters. The summed E-state index contributed by atoms with van der Waals surface area (Å²) in [5.41, 5.74) is 0.932. The average Bonchev–Trinajstić information content (AvgIpc) is 2.22. The maximum atomic E-state index is 11.3. The molecule has 1 rings (SSSR count). The zero-order valence-electron chi connectivity index (χ0n) is 8.56. The molecule has 0 saturated carbocycles. The molecule has 0 aromatic heterocycles. The van der Waals surface area contributed by atoms with Crippen LogP contribution in [0.15, 0.2) is 18.2 Å². The molecule has 0 heterocycles. The minimum Gasteiger partial charge on any atom is -0.508 e. The maximum Gasteiger partial charge on any atom is 0.338 e. The van der Waals surface area contributed by atoms with Crippen LogP contribution >= 0.6 is 0 Å². The molecular weight excluding hydrogens is 196 g/mol. The molecule has 0 saturated heterocycles. The highest BCUT2D eigenvalue weighted by Gasteiger charge is 2.09. The lowest BCUT2D eigenvalue weighted by Crippen LogP contribution is -2.05. The third-order valence-corrected chi connectivity index (χ3v) is 1.97. The van der Waals surface area contributed by atoms with Gasteiger partial charge < -0.3 is 14.9 Å². The number of hydrogen-bond acceptors (Lipinski definition) is 4. The third kappa shape index (κ3) is 2.95. The van der Waals surface area contributed by atoms with E-state index in [-0.39, 0.29) is 12.4 Å². The van der Waals surface area contributed by atoms with Gasteiger partial charge in [-0.05, 0) is 37.1 Å². The Labute approximate surface area is 88.1 Å². The van der Waals surface area contributed by atoms with E-state index in [9.17, 15) is 9.90 Å². The fraction of sp³-hybridized carbons (Fsp3) is 0.364. The van der Waals surface area contributed by atoms with Crippen LogP contribution in [0.25, 0.3) is 0 Å². The van der Waals surface area contributed by atoms with Gasteiger partial charge in [0, 0.05) is 6.61 Å². The number of rotatable bonds is 4. The molecule has 0 amide bonds. The van der Waals surface area contributed by atoms with Crippen molar-refractivity contribution in [1.82, 2.24) is 0 Å². The van der Waals surface area contributed by atoms with Crippen molar-refractivity contribution < 1.29 is 19.7 Å². The molecule has 1 aromatic carbocycles. The Kier molecular flexibility index (Phi) is 4.12. The predicted molar refractivity (Wildman–Crippen MR) is 54.9 cm³/mol. The summed E-state index contributed by atoms with van der Waals surface area (Å²) in [5, 5.41) is 18.2. The van der Waals surface area contributed by atoms with Crippen LogP contribution in [0.4, 0.5) is 0 Å². The summed E-state index contributed by atoms with van der Waals surface area (Å²) in [4.78, 5) is 11.3. The van der Waals surface area contributed by atoms with E-state index in [1.165, 1.54) is 18.2 Å². The van der Waals surface area contributed by atoms with Gasteiger partial charge in [-0.2, -0.15) is 0 Å². The van der Waals surface area contributed by atoms with E-state index in [4.69, 9.17) is 9.84 Å². The molecule has 0 fully saturated rings. The van der Waals surface area contributed by atoms with Crippen molar-refractivity contribution in [2.75, 3.05) is 13.2 Å². The van der Waals surface area contributed by atoms with Gasteiger partial charge in [0.1, 0.15) is 5.75 Å². The second-order valence-corrected chi connectivity index (χ2v) is 3.04. The highest BCUT2D eigenvalue weighted by molar-refractivity contribution is 5.89. The highest BCUT2D eigenvalue weighted by atomic mass is 16.5. The Morgan fingerprint density at radius 1 is 1.47 bits per heavy atom. The van der Waals surface area contributed by atoms with Gasteiger partial charge in [0.15, 0.2) is 0 Å². The lowest BCUT2D eigenvalue weighted by atomic mass is 10.1. The van der Waals surface area contributed by atoms with Crippen molar-refractivity contribution in [2.45, 2.75) is 13.3 Å². The maximum absolute atomic E-state index is 11.3. The Hall–Kier alpha value is -1.55. The van der Waals surface area contributed by atoms with Gasteiger partial charge >= 0.3 is 5.97 Å². The molecule has 0 radical (unpaired) electrons. The Balaban J connectivity index is 2.91. The normalized spacial score (nSPS) is 10.0. The minimum absolute atomic E-state index is 0.0696. The fourth-order valence-electron chi connectivity index (χ4n) is 1.25. The number of phenolic OH excluding ortho intramolecular Hbond substituents is 1. The molecule has 2 N–H and O–H groups in total. The van der Waals surface area contributed by atoms with Crippen LogP contribution in [0, 0.1) is 0 Å². The first kappa shape index (κ1) is 11.5. The van der Waals surface area contributed by atoms with Crippen molar-refractivity contribution in [3.05, 3.63) is 29.3 Å². The van der Waals surface area contributed by atoms with Gasteiger partial charge in [0.05, 0.1) is 12.2 Å². The van der Waals surface area contributed by atoms with E-state index in [0.29, 0.717) is 24.2 Å². The van der Waals surface area contributed by atoms with E-state index >= 15 is 0 Å². The number of benzene rings is 1. The molecular formula is C11H14O4. The molecule has 82 valence electrons. The van der Waals surface area contributed by atoms with Crippen LogP contribution in [0.1, 0.15) is 22.8 Å². The highest BCUT2D eigenvalue weighted by Crippen LogP contribution is 2.19. The second kappa shape index (κ2) is 5.36.